The fourth-order valence-electron chi connectivity index (χ4n) is 2.56. The van der Waals surface area contributed by atoms with Crippen LogP contribution in [0.4, 0.5) is 0 Å². The minimum absolute atomic E-state index is 0.000410. The number of aromatic hydroxyl groups is 1. The summed E-state index contributed by atoms with van der Waals surface area (Å²) in [6.07, 6.45) is 1.85. The maximum Gasteiger partial charge on any atom is 0.307 e. The van der Waals surface area contributed by atoms with E-state index in [0.717, 1.165) is 13.0 Å². The molecule has 1 atom stereocenters. The number of aliphatic carboxylic acids is 1. The van der Waals surface area contributed by atoms with Crippen molar-refractivity contribution in [2.45, 2.75) is 19.3 Å². The SMILES string of the molecule is O=C(CCN1CCCC(C(=O)O)C1)c1ccccc1O. The second-order valence-corrected chi connectivity index (χ2v) is 5.17. The van der Waals surface area contributed by atoms with E-state index in [-0.39, 0.29) is 17.5 Å². The Morgan fingerprint density at radius 1 is 1.30 bits per heavy atom. The van der Waals surface area contributed by atoms with Gasteiger partial charge < -0.3 is 15.1 Å². The molecule has 0 saturated carbocycles. The fourth-order valence-corrected chi connectivity index (χ4v) is 2.56. The van der Waals surface area contributed by atoms with Gasteiger partial charge in [-0.2, -0.15) is 0 Å². The highest BCUT2D eigenvalue weighted by Gasteiger charge is 2.25. The summed E-state index contributed by atoms with van der Waals surface area (Å²) in [5, 5.41) is 18.6. The molecule has 1 aliphatic rings. The van der Waals surface area contributed by atoms with Crippen molar-refractivity contribution in [2.75, 3.05) is 19.6 Å². The molecule has 5 nitrogen and oxygen atoms in total. The van der Waals surface area contributed by atoms with Gasteiger partial charge in [0.15, 0.2) is 5.78 Å². The van der Waals surface area contributed by atoms with E-state index in [9.17, 15) is 14.7 Å². The van der Waals surface area contributed by atoms with Gasteiger partial charge in [-0.3, -0.25) is 9.59 Å². The van der Waals surface area contributed by atoms with Crippen LogP contribution in [0.25, 0.3) is 0 Å². The third-order valence-electron chi connectivity index (χ3n) is 3.71. The molecule has 1 saturated heterocycles. The molecule has 1 heterocycles. The molecular formula is C15H19NO4. The van der Waals surface area contributed by atoms with E-state index in [2.05, 4.69) is 0 Å². The molecule has 0 amide bonds. The van der Waals surface area contributed by atoms with Crippen LogP contribution < -0.4 is 0 Å². The Morgan fingerprint density at radius 3 is 2.75 bits per heavy atom. The third-order valence-corrected chi connectivity index (χ3v) is 3.71. The number of ketones is 1. The maximum atomic E-state index is 12.0. The van der Waals surface area contributed by atoms with E-state index in [4.69, 9.17) is 5.11 Å². The first kappa shape index (κ1) is 14.5. The Hall–Kier alpha value is -1.88. The molecule has 1 aromatic rings. The molecule has 0 aromatic heterocycles. The standard InChI is InChI=1S/C15H19NO4/c17-13-6-2-1-5-12(13)14(18)7-9-16-8-3-4-11(10-16)15(19)20/h1-2,5-6,11,17H,3-4,7-10H2,(H,19,20). The average molecular weight is 277 g/mol. The summed E-state index contributed by atoms with van der Waals surface area (Å²) in [5.41, 5.74) is 0.333. The number of carboxylic acid groups (broad SMARTS) is 1. The van der Waals surface area contributed by atoms with Crippen LogP contribution in [0.1, 0.15) is 29.6 Å². The lowest BCUT2D eigenvalue weighted by Crippen LogP contribution is -2.39. The summed E-state index contributed by atoms with van der Waals surface area (Å²) in [7, 11) is 0. The Bertz CT molecular complexity index is 500. The fraction of sp³-hybridized carbons (Fsp3) is 0.467. The molecular weight excluding hydrogens is 258 g/mol. The lowest BCUT2D eigenvalue weighted by atomic mass is 9.98. The number of nitrogens with zero attached hydrogens (tertiary/aromatic N) is 1. The highest BCUT2D eigenvalue weighted by Crippen LogP contribution is 2.20. The van der Waals surface area contributed by atoms with Crippen molar-refractivity contribution in [2.24, 2.45) is 5.92 Å². The molecule has 1 fully saturated rings. The normalized spacial score (nSPS) is 19.7. The van der Waals surface area contributed by atoms with Gasteiger partial charge in [0.1, 0.15) is 5.75 Å². The van der Waals surface area contributed by atoms with Gasteiger partial charge >= 0.3 is 5.97 Å². The van der Waals surface area contributed by atoms with E-state index in [0.29, 0.717) is 31.5 Å². The van der Waals surface area contributed by atoms with Crippen molar-refractivity contribution in [3.63, 3.8) is 0 Å². The van der Waals surface area contributed by atoms with Crippen molar-refractivity contribution in [3.05, 3.63) is 29.8 Å². The second kappa shape index (κ2) is 6.52. The van der Waals surface area contributed by atoms with Crippen molar-refractivity contribution >= 4 is 11.8 Å². The molecule has 1 aliphatic heterocycles. The van der Waals surface area contributed by atoms with E-state index in [1.54, 1.807) is 18.2 Å². The molecule has 0 bridgehead atoms. The molecule has 2 rings (SSSR count). The Labute approximate surface area is 117 Å². The van der Waals surface area contributed by atoms with Crippen LogP contribution >= 0.6 is 0 Å². The van der Waals surface area contributed by atoms with Crippen LogP contribution in [0, 0.1) is 5.92 Å². The third kappa shape index (κ3) is 3.57. The van der Waals surface area contributed by atoms with E-state index < -0.39 is 5.97 Å². The summed E-state index contributed by atoms with van der Waals surface area (Å²) in [4.78, 5) is 25.0. The van der Waals surface area contributed by atoms with E-state index in [1.165, 1.54) is 6.07 Å². The van der Waals surface area contributed by atoms with Gasteiger partial charge in [-0.1, -0.05) is 12.1 Å². The molecule has 20 heavy (non-hydrogen) atoms. The first-order valence-corrected chi connectivity index (χ1v) is 6.84. The summed E-state index contributed by atoms with van der Waals surface area (Å²) < 4.78 is 0. The zero-order valence-electron chi connectivity index (χ0n) is 11.3. The number of hydrogen-bond donors (Lipinski definition) is 2. The van der Waals surface area contributed by atoms with Crippen LogP contribution in [0.2, 0.25) is 0 Å². The number of hydrogen-bond acceptors (Lipinski definition) is 4. The number of Topliss-reactive ketones (excluding diaryl/α,β-unsaturated/α-hetero) is 1. The van der Waals surface area contributed by atoms with Crippen LogP contribution in [-0.4, -0.2) is 46.5 Å². The predicted octanol–water partition coefficient (Wildman–Crippen LogP) is 1.76. The number of likely N-dealkylation sites (tertiary alicyclic amines) is 1. The van der Waals surface area contributed by atoms with E-state index >= 15 is 0 Å². The van der Waals surface area contributed by atoms with Crippen molar-refractivity contribution < 1.29 is 19.8 Å². The molecule has 1 unspecified atom stereocenters. The van der Waals surface area contributed by atoms with Crippen LogP contribution in [0.15, 0.2) is 24.3 Å². The van der Waals surface area contributed by atoms with Crippen LogP contribution in [0.5, 0.6) is 5.75 Å². The molecule has 2 N–H and O–H groups in total. The molecule has 5 heteroatoms. The average Bonchev–Trinajstić information content (AvgIpc) is 2.45. The molecule has 1 aromatic carbocycles. The Morgan fingerprint density at radius 2 is 2.05 bits per heavy atom. The molecule has 0 radical (unpaired) electrons. The quantitative estimate of drug-likeness (QED) is 0.802. The largest absolute Gasteiger partial charge is 0.507 e. The highest BCUT2D eigenvalue weighted by atomic mass is 16.4. The zero-order valence-corrected chi connectivity index (χ0v) is 11.3. The monoisotopic (exact) mass is 277 g/mol. The summed E-state index contributed by atoms with van der Waals surface area (Å²) >= 11 is 0. The highest BCUT2D eigenvalue weighted by molar-refractivity contribution is 5.98. The Balaban J connectivity index is 1.87. The number of carbonyl (C=O) groups excluding carboxylic acids is 1. The van der Waals surface area contributed by atoms with Gasteiger partial charge in [-0.25, -0.2) is 0 Å². The van der Waals surface area contributed by atoms with Crippen molar-refractivity contribution in [1.29, 1.82) is 0 Å². The number of phenolic OH excluding ortho intramolecular Hbond substituents is 1. The maximum absolute atomic E-state index is 12.0. The first-order valence-electron chi connectivity index (χ1n) is 6.84. The predicted molar refractivity (Wildman–Crippen MR) is 73.9 cm³/mol. The van der Waals surface area contributed by atoms with E-state index in [1.807, 2.05) is 4.90 Å². The minimum atomic E-state index is -0.762. The summed E-state index contributed by atoms with van der Waals surface area (Å²) in [6.45, 7) is 1.87. The van der Waals surface area contributed by atoms with Gasteiger partial charge in [0, 0.05) is 19.5 Å². The number of carboxylic acids is 1. The summed E-state index contributed by atoms with van der Waals surface area (Å²) in [5.74, 6) is -1.20. The number of para-hydroxylation sites is 1. The van der Waals surface area contributed by atoms with Crippen molar-refractivity contribution in [1.82, 2.24) is 4.90 Å². The lowest BCUT2D eigenvalue weighted by molar-refractivity contribution is -0.143. The minimum Gasteiger partial charge on any atom is -0.507 e. The number of piperidine rings is 1. The Kier molecular flexibility index (Phi) is 4.74. The van der Waals surface area contributed by atoms with Gasteiger partial charge in [-0.15, -0.1) is 0 Å². The van der Waals surface area contributed by atoms with Gasteiger partial charge in [0.05, 0.1) is 11.5 Å². The zero-order chi connectivity index (χ0) is 14.5. The smallest absolute Gasteiger partial charge is 0.307 e. The van der Waals surface area contributed by atoms with Crippen LogP contribution in [-0.2, 0) is 4.79 Å². The van der Waals surface area contributed by atoms with Crippen molar-refractivity contribution in [3.8, 4) is 5.75 Å². The first-order chi connectivity index (χ1) is 9.58. The van der Waals surface area contributed by atoms with Gasteiger partial charge in [0.2, 0.25) is 0 Å². The lowest BCUT2D eigenvalue weighted by Gasteiger charge is -2.30. The number of benzene rings is 1. The number of carbonyl (C=O) groups is 2. The number of phenols is 1. The molecule has 108 valence electrons. The number of rotatable bonds is 5. The second-order valence-electron chi connectivity index (χ2n) is 5.17. The molecule has 0 spiro atoms. The summed E-state index contributed by atoms with van der Waals surface area (Å²) in [6, 6.07) is 6.49. The van der Waals surface area contributed by atoms with Crippen LogP contribution in [0.3, 0.4) is 0 Å². The van der Waals surface area contributed by atoms with Gasteiger partial charge in [0.25, 0.3) is 0 Å². The van der Waals surface area contributed by atoms with Gasteiger partial charge in [-0.05, 0) is 31.5 Å². The molecule has 0 aliphatic carbocycles. The topological polar surface area (TPSA) is 77.8 Å².